The van der Waals surface area contributed by atoms with E-state index in [2.05, 4.69) is 21.3 Å². The lowest BCUT2D eigenvalue weighted by molar-refractivity contribution is -0.903. The van der Waals surface area contributed by atoms with Crippen LogP contribution in [0.1, 0.15) is 25.7 Å². The summed E-state index contributed by atoms with van der Waals surface area (Å²) in [7, 11) is 19.1. The quantitative estimate of drug-likeness (QED) is 0.160. The lowest BCUT2D eigenvalue weighted by Gasteiger charge is -2.20. The molecule has 4 radical (unpaired) electrons. The van der Waals surface area contributed by atoms with Gasteiger partial charge in [-0.3, -0.25) is 9.59 Å². The van der Waals surface area contributed by atoms with Gasteiger partial charge in [0, 0.05) is 52.9 Å². The first-order valence-corrected chi connectivity index (χ1v) is 11.3. The van der Waals surface area contributed by atoms with E-state index >= 15 is 0 Å². The van der Waals surface area contributed by atoms with Crippen LogP contribution in [0.5, 0.6) is 0 Å². The van der Waals surface area contributed by atoms with Gasteiger partial charge >= 0.3 is 0 Å². The van der Waals surface area contributed by atoms with Crippen LogP contribution in [0.3, 0.4) is 0 Å². The molecule has 30 heavy (non-hydrogen) atoms. The van der Waals surface area contributed by atoms with Gasteiger partial charge in [0.1, 0.15) is 0 Å². The van der Waals surface area contributed by atoms with Crippen LogP contribution < -0.4 is 31.1 Å². The second kappa shape index (κ2) is 14.8. The highest BCUT2D eigenvalue weighted by molar-refractivity contribution is 6.12. The maximum atomic E-state index is 11.6. The molecule has 0 aliphatic carbocycles. The highest BCUT2D eigenvalue weighted by Gasteiger charge is 2.38. The van der Waals surface area contributed by atoms with Gasteiger partial charge in [-0.2, -0.15) is 0 Å². The van der Waals surface area contributed by atoms with Crippen molar-refractivity contribution in [2.45, 2.75) is 49.4 Å². The first kappa shape index (κ1) is 26.9. The number of carbonyl (C=O) groups excluding carboxylic acids is 2. The molecule has 2 rings (SSSR count). The fourth-order valence-corrected chi connectivity index (χ4v) is 4.53. The number of quaternary nitrogens is 2. The molecule has 8 nitrogen and oxygen atoms in total. The molecule has 10 heteroatoms. The van der Waals surface area contributed by atoms with Crippen molar-refractivity contribution in [1.82, 2.24) is 21.3 Å². The Bertz CT molecular complexity index is 470. The van der Waals surface area contributed by atoms with E-state index in [1.54, 1.807) is 14.1 Å². The summed E-state index contributed by atoms with van der Waals surface area (Å²) in [6.45, 7) is 5.88. The van der Waals surface area contributed by atoms with E-state index in [9.17, 15) is 9.59 Å². The Hall–Kier alpha value is -1.09. The zero-order valence-corrected chi connectivity index (χ0v) is 19.4. The topological polar surface area (TPSA) is 91.1 Å². The minimum atomic E-state index is 0.0573. The Labute approximate surface area is 185 Å². The highest BCUT2D eigenvalue weighted by atomic mass is 16.2. The molecule has 6 N–H and O–H groups in total. The Morgan fingerprint density at radius 2 is 1.13 bits per heavy atom. The van der Waals surface area contributed by atoms with Crippen LogP contribution >= 0.6 is 0 Å². The third-order valence-electron chi connectivity index (χ3n) is 6.09. The Morgan fingerprint density at radius 3 is 1.43 bits per heavy atom. The van der Waals surface area contributed by atoms with E-state index in [4.69, 9.17) is 15.7 Å². The van der Waals surface area contributed by atoms with Gasteiger partial charge < -0.3 is 31.1 Å². The number of hydrogen-bond donors (Lipinski definition) is 6. The molecule has 0 aromatic carbocycles. The van der Waals surface area contributed by atoms with Crippen LogP contribution in [0.2, 0.25) is 11.6 Å². The Balaban J connectivity index is 0.000000300. The zero-order chi connectivity index (χ0) is 22.5. The van der Waals surface area contributed by atoms with Crippen molar-refractivity contribution in [3.05, 3.63) is 0 Å². The van der Waals surface area contributed by atoms with Crippen LogP contribution in [0.4, 0.5) is 0 Å². The molecule has 0 saturated carbocycles. The van der Waals surface area contributed by atoms with Crippen molar-refractivity contribution in [2.75, 3.05) is 67.5 Å². The average Bonchev–Trinajstić information content (AvgIpc) is 3.29. The van der Waals surface area contributed by atoms with E-state index in [1.807, 2.05) is 14.1 Å². The molecule has 0 bridgehead atoms. The minimum absolute atomic E-state index is 0.0573. The summed E-state index contributed by atoms with van der Waals surface area (Å²) in [5, 5.41) is 11.7. The van der Waals surface area contributed by atoms with Gasteiger partial charge in [0.2, 0.25) is 0 Å². The van der Waals surface area contributed by atoms with E-state index in [0.717, 1.165) is 65.0 Å². The standard InChI is InChI=1S/2C10H20BN3O/c2*1-12-4-3-5-14-7-8(11)6-9(14)10(15)13-2/h2*8-9,12H,3-7H2,1-2H3,(H,13,15)/p+2/t2*8-,9-/m00/s1. The zero-order valence-electron chi connectivity index (χ0n) is 19.4. The second-order valence-electron chi connectivity index (χ2n) is 8.46. The number of nitrogens with one attached hydrogen (secondary N) is 6. The SMILES string of the molecule is [B][C@H]1C[C@@H](C(=O)NC)[NH+](CCCNC)C1.[B][C@H]1C[C@@H](C(=O)NC)[NH+](CCCNC)C1. The molecule has 2 saturated heterocycles. The van der Waals surface area contributed by atoms with Crippen LogP contribution in [0.25, 0.3) is 0 Å². The molecule has 0 aromatic rings. The van der Waals surface area contributed by atoms with Crippen molar-refractivity contribution in [3.8, 4) is 0 Å². The number of hydrogen-bond acceptors (Lipinski definition) is 4. The minimum Gasteiger partial charge on any atom is -0.354 e. The Morgan fingerprint density at radius 1 is 0.767 bits per heavy atom. The maximum absolute atomic E-state index is 11.6. The molecule has 6 atom stereocenters. The second-order valence-corrected chi connectivity index (χ2v) is 8.46. The van der Waals surface area contributed by atoms with Crippen LogP contribution in [0.15, 0.2) is 0 Å². The number of likely N-dealkylation sites (tertiary alicyclic amines) is 2. The van der Waals surface area contributed by atoms with Crippen LogP contribution in [0, 0.1) is 0 Å². The van der Waals surface area contributed by atoms with Gasteiger partial charge in [-0.1, -0.05) is 0 Å². The molecule has 2 heterocycles. The molecule has 2 aliphatic heterocycles. The Kier molecular flexibility index (Phi) is 13.3. The summed E-state index contributed by atoms with van der Waals surface area (Å²) in [6.07, 6.45) is 3.81. The third kappa shape index (κ3) is 8.96. The molecule has 168 valence electrons. The van der Waals surface area contributed by atoms with Crippen molar-refractivity contribution < 1.29 is 19.4 Å². The summed E-state index contributed by atoms with van der Waals surface area (Å²) in [4.78, 5) is 25.9. The summed E-state index contributed by atoms with van der Waals surface area (Å²) in [5.74, 6) is 0.610. The smallest absolute Gasteiger partial charge is 0.278 e. The lowest BCUT2D eigenvalue weighted by atomic mass is 9.85. The van der Waals surface area contributed by atoms with Crippen molar-refractivity contribution in [2.24, 2.45) is 0 Å². The molecule has 2 aliphatic rings. The number of rotatable bonds is 10. The molecule has 2 fully saturated rings. The van der Waals surface area contributed by atoms with Gasteiger partial charge in [0.05, 0.1) is 41.9 Å². The molecular weight excluding hydrogens is 378 g/mol. The van der Waals surface area contributed by atoms with E-state index in [0.29, 0.717) is 0 Å². The number of likely N-dealkylation sites (N-methyl/N-ethyl adjacent to an activating group) is 2. The average molecular weight is 420 g/mol. The monoisotopic (exact) mass is 420 g/mol. The van der Waals surface area contributed by atoms with E-state index in [1.165, 1.54) is 9.80 Å². The van der Waals surface area contributed by atoms with E-state index in [-0.39, 0.29) is 35.5 Å². The lowest BCUT2D eigenvalue weighted by Crippen LogP contribution is -3.15. The predicted octanol–water partition coefficient (Wildman–Crippen LogP) is -4.09. The third-order valence-corrected chi connectivity index (χ3v) is 6.09. The summed E-state index contributed by atoms with van der Waals surface area (Å²) in [6, 6.07) is 0.115. The van der Waals surface area contributed by atoms with Gasteiger partial charge in [-0.05, 0) is 25.7 Å². The van der Waals surface area contributed by atoms with Crippen LogP contribution in [-0.4, -0.2) is 107 Å². The molecule has 0 spiro atoms. The highest BCUT2D eigenvalue weighted by Crippen LogP contribution is 2.12. The normalized spacial score (nSPS) is 30.4. The number of carbonyl (C=O) groups is 2. The van der Waals surface area contributed by atoms with Crippen molar-refractivity contribution in [1.29, 1.82) is 0 Å². The van der Waals surface area contributed by atoms with Crippen LogP contribution in [-0.2, 0) is 9.59 Å². The molecule has 2 unspecified atom stereocenters. The van der Waals surface area contributed by atoms with E-state index < -0.39 is 0 Å². The fraction of sp³-hybridized carbons (Fsp3) is 0.900. The summed E-state index contributed by atoms with van der Waals surface area (Å²) in [5.41, 5.74) is 0. The molecular formula is C20H42B2N6O2+2. The van der Waals surface area contributed by atoms with Gasteiger partial charge in [-0.25, -0.2) is 0 Å². The summed E-state index contributed by atoms with van der Waals surface area (Å²) >= 11 is 0. The first-order chi connectivity index (χ1) is 14.4. The maximum Gasteiger partial charge on any atom is 0.278 e. The predicted molar refractivity (Wildman–Crippen MR) is 122 cm³/mol. The number of amides is 2. The van der Waals surface area contributed by atoms with Crippen molar-refractivity contribution >= 4 is 27.5 Å². The largest absolute Gasteiger partial charge is 0.354 e. The molecule has 2 amide bonds. The summed E-state index contributed by atoms with van der Waals surface area (Å²) < 4.78 is 0. The van der Waals surface area contributed by atoms with Gasteiger partial charge in [0.25, 0.3) is 11.8 Å². The van der Waals surface area contributed by atoms with Gasteiger partial charge in [-0.15, -0.1) is 0 Å². The molecule has 0 aromatic heterocycles. The van der Waals surface area contributed by atoms with Gasteiger partial charge in [0.15, 0.2) is 12.1 Å². The van der Waals surface area contributed by atoms with Crippen molar-refractivity contribution in [3.63, 3.8) is 0 Å². The fourth-order valence-electron chi connectivity index (χ4n) is 4.53. The first-order valence-electron chi connectivity index (χ1n) is 11.3.